The Morgan fingerprint density at radius 1 is 0.706 bits per heavy atom. The summed E-state index contributed by atoms with van der Waals surface area (Å²) < 4.78 is 129. The van der Waals surface area contributed by atoms with Crippen LogP contribution in [0.3, 0.4) is 0 Å². The minimum absolute atomic E-state index is 3.48. The second-order valence-corrected chi connectivity index (χ2v) is 4.72. The highest BCUT2D eigenvalue weighted by Gasteiger charge is 2.74. The molecule has 0 amide bonds. The minimum atomic E-state index is -6.75. The third kappa shape index (κ3) is 3.45. The summed E-state index contributed by atoms with van der Waals surface area (Å²) >= 11 is 0. The van der Waals surface area contributed by atoms with Crippen LogP contribution in [0.15, 0.2) is 0 Å². The first-order valence-corrected chi connectivity index (χ1v) is 4.95. The van der Waals surface area contributed by atoms with Gasteiger partial charge >= 0.3 is 18.3 Å². The maximum atomic E-state index is 12.3. The molecule has 0 saturated carbocycles. The smallest absolute Gasteiger partial charge is 0.235 e. The molecule has 0 aliphatic carbocycles. The normalized spacial score (nSPS) is 16.2. The van der Waals surface area contributed by atoms with Gasteiger partial charge in [-0.05, 0) is 0 Å². The van der Waals surface area contributed by atoms with Crippen molar-refractivity contribution in [2.75, 3.05) is 0 Å². The molecule has 0 heterocycles. The predicted octanol–water partition coefficient (Wildman–Crippen LogP) is 2.97. The molecule has 1 radical (unpaired) electrons. The van der Waals surface area contributed by atoms with Crippen LogP contribution in [0.2, 0.25) is 0 Å². The second kappa shape index (κ2) is 4.28. The van der Waals surface area contributed by atoms with Crippen LogP contribution >= 0.6 is 0 Å². The van der Waals surface area contributed by atoms with Crippen LogP contribution in [0.5, 0.6) is 0 Å². The van der Waals surface area contributed by atoms with Gasteiger partial charge in [0.15, 0.2) is 9.52 Å². The molecule has 0 bridgehead atoms. The van der Waals surface area contributed by atoms with Gasteiger partial charge in [-0.1, -0.05) is 0 Å². The van der Waals surface area contributed by atoms with Crippen LogP contribution in [0.25, 0.3) is 0 Å². The zero-order chi connectivity index (χ0) is 14.3. The van der Waals surface area contributed by atoms with Crippen molar-refractivity contribution in [2.45, 2.75) is 23.8 Å². The fraction of sp³-hybridized carbons (Fsp3) is 0.800. The summed E-state index contributed by atoms with van der Waals surface area (Å²) in [4.78, 5) is 0. The Bertz CT molecular complexity index is 262. The highest BCUT2D eigenvalue weighted by molar-refractivity contribution is 6.46. The Kier molecular flexibility index (Phi) is 4.14. The van der Waals surface area contributed by atoms with Crippen LogP contribution in [0, 0.1) is 5.79 Å². The van der Waals surface area contributed by atoms with Gasteiger partial charge in [-0.2, -0.15) is 35.1 Å². The Hall–Kier alpha value is -0.553. The second-order valence-electron chi connectivity index (χ2n) is 2.86. The third-order valence-electron chi connectivity index (χ3n) is 1.50. The van der Waals surface area contributed by atoms with Gasteiger partial charge in [0.25, 0.3) is 5.55 Å². The lowest BCUT2D eigenvalue weighted by Gasteiger charge is -2.28. The summed E-state index contributed by atoms with van der Waals surface area (Å²) in [6, 6.07) is 0. The largest absolute Gasteiger partial charge is 0.459 e. The van der Waals surface area contributed by atoms with Crippen molar-refractivity contribution in [1.82, 2.24) is 0 Å². The van der Waals surface area contributed by atoms with Crippen LogP contribution in [-0.2, 0) is 0 Å². The van der Waals surface area contributed by atoms with E-state index in [-0.39, 0.29) is 0 Å². The molecular weight excluding hydrogens is 297 g/mol. The number of hydrogen-bond acceptors (Lipinski definition) is 0. The van der Waals surface area contributed by atoms with Crippen LogP contribution in [-0.4, -0.2) is 33.3 Å². The van der Waals surface area contributed by atoms with Gasteiger partial charge in [0.1, 0.15) is 0 Å². The molecule has 0 aliphatic rings. The average Bonchev–Trinajstić information content (AvgIpc) is 1.98. The van der Waals surface area contributed by atoms with E-state index in [4.69, 9.17) is 0 Å². The maximum Gasteiger partial charge on any atom is 0.459 e. The van der Waals surface area contributed by atoms with Gasteiger partial charge in [-0.25, -0.2) is 13.2 Å². The van der Waals surface area contributed by atoms with Gasteiger partial charge in [0, 0.05) is 0 Å². The van der Waals surface area contributed by atoms with Gasteiger partial charge in [0.2, 0.25) is 5.79 Å². The quantitative estimate of drug-likeness (QED) is 0.555. The van der Waals surface area contributed by atoms with Crippen LogP contribution in [0.4, 0.5) is 48.3 Å². The molecule has 0 atom stereocenters. The van der Waals surface area contributed by atoms with E-state index < -0.39 is 39.1 Å². The maximum absolute atomic E-state index is 12.3. The summed E-state index contributed by atoms with van der Waals surface area (Å²) in [5.41, 5.74) is -6.09. The standard InChI is InChI=1S/C5H2F11Si/c6-1(2(7,8)9)17-5(15,16)3(10,11)4(12,13)14/h17H2. The molecule has 0 rings (SSSR count). The monoisotopic (exact) mass is 299 g/mol. The molecule has 0 aromatic carbocycles. The Balaban J connectivity index is 5.04. The molecule has 0 unspecified atom stereocenters. The molecule has 0 saturated heterocycles. The van der Waals surface area contributed by atoms with Crippen molar-refractivity contribution >= 4 is 9.52 Å². The van der Waals surface area contributed by atoms with Crippen LogP contribution < -0.4 is 0 Å². The van der Waals surface area contributed by atoms with Gasteiger partial charge < -0.3 is 0 Å². The molecule has 12 heteroatoms. The topological polar surface area (TPSA) is 0 Å². The molecule has 0 nitrogen and oxygen atoms in total. The van der Waals surface area contributed by atoms with Crippen molar-refractivity contribution in [3.63, 3.8) is 0 Å². The first-order chi connectivity index (χ1) is 7.13. The summed E-state index contributed by atoms with van der Waals surface area (Å²) in [5.74, 6) is -10.2. The SMILES string of the molecule is F[C]([SiH2]C(F)(F)C(F)(F)C(F)(F)F)C(F)(F)F. The third-order valence-corrected chi connectivity index (χ3v) is 3.10. The van der Waals surface area contributed by atoms with E-state index in [0.717, 1.165) is 0 Å². The highest BCUT2D eigenvalue weighted by Crippen LogP contribution is 2.47. The molecule has 0 fully saturated rings. The molecule has 0 aromatic heterocycles. The molecule has 0 spiro atoms. The molecule has 0 N–H and O–H groups in total. The fourth-order valence-electron chi connectivity index (χ4n) is 0.614. The molecule has 0 aromatic rings. The minimum Gasteiger partial charge on any atom is -0.235 e. The summed E-state index contributed by atoms with van der Waals surface area (Å²) in [5, 5.41) is 0. The Morgan fingerprint density at radius 3 is 1.29 bits per heavy atom. The van der Waals surface area contributed by atoms with Gasteiger partial charge in [-0.3, -0.25) is 0 Å². The van der Waals surface area contributed by atoms with Crippen molar-refractivity contribution < 1.29 is 48.3 Å². The lowest BCUT2D eigenvalue weighted by molar-refractivity contribution is -0.334. The molecule has 0 aliphatic heterocycles. The first kappa shape index (κ1) is 16.4. The van der Waals surface area contributed by atoms with E-state index >= 15 is 0 Å². The van der Waals surface area contributed by atoms with Crippen molar-refractivity contribution in [2.24, 2.45) is 0 Å². The van der Waals surface area contributed by atoms with Crippen LogP contribution in [0.1, 0.15) is 0 Å². The summed E-state index contributed by atoms with van der Waals surface area (Å²) in [6.07, 6.45) is -12.7. The first-order valence-electron chi connectivity index (χ1n) is 3.54. The summed E-state index contributed by atoms with van der Waals surface area (Å²) in [7, 11) is -4.80. The molecule has 103 valence electrons. The van der Waals surface area contributed by atoms with Crippen molar-refractivity contribution in [1.29, 1.82) is 0 Å². The lowest BCUT2D eigenvalue weighted by Crippen LogP contribution is -2.57. The highest BCUT2D eigenvalue weighted by atomic mass is 28.2. The summed E-state index contributed by atoms with van der Waals surface area (Å²) in [6.45, 7) is 0. The van der Waals surface area contributed by atoms with E-state index in [0.29, 0.717) is 0 Å². The predicted molar refractivity (Wildman–Crippen MR) is 34.9 cm³/mol. The lowest BCUT2D eigenvalue weighted by atomic mass is 10.3. The van der Waals surface area contributed by atoms with E-state index in [2.05, 4.69) is 0 Å². The van der Waals surface area contributed by atoms with Crippen molar-refractivity contribution in [3.8, 4) is 0 Å². The zero-order valence-electron chi connectivity index (χ0n) is 7.36. The Labute approximate surface area is 88.6 Å². The number of hydrogen-bond donors (Lipinski definition) is 0. The van der Waals surface area contributed by atoms with E-state index in [1.807, 2.05) is 0 Å². The number of alkyl halides is 10. The number of halogens is 11. The number of rotatable bonds is 3. The van der Waals surface area contributed by atoms with Gasteiger partial charge in [0.05, 0.1) is 0 Å². The van der Waals surface area contributed by atoms with E-state index in [1.165, 1.54) is 0 Å². The van der Waals surface area contributed by atoms with Gasteiger partial charge in [-0.15, -0.1) is 0 Å². The zero-order valence-corrected chi connectivity index (χ0v) is 8.78. The van der Waals surface area contributed by atoms with Crippen molar-refractivity contribution in [3.05, 3.63) is 5.79 Å². The van der Waals surface area contributed by atoms with E-state index in [9.17, 15) is 48.3 Å². The Morgan fingerprint density at radius 2 is 1.06 bits per heavy atom. The molecular formula is C5H2F11Si. The fourth-order valence-corrected chi connectivity index (χ4v) is 1.63. The van der Waals surface area contributed by atoms with E-state index in [1.54, 1.807) is 0 Å². The molecule has 17 heavy (non-hydrogen) atoms. The average molecular weight is 299 g/mol.